The van der Waals surface area contributed by atoms with Crippen molar-refractivity contribution < 1.29 is 8.91 Å². The first-order chi connectivity index (χ1) is 12.0. The molecule has 1 aromatic heterocycles. The van der Waals surface area contributed by atoms with E-state index in [1.807, 2.05) is 0 Å². The van der Waals surface area contributed by atoms with E-state index < -0.39 is 0 Å². The predicted molar refractivity (Wildman–Crippen MR) is 94.8 cm³/mol. The predicted octanol–water partition coefficient (Wildman–Crippen LogP) is 3.38. The van der Waals surface area contributed by atoms with Crippen LogP contribution in [0.5, 0.6) is 0 Å². The van der Waals surface area contributed by atoms with Gasteiger partial charge in [0.05, 0.1) is 6.54 Å². The lowest BCUT2D eigenvalue weighted by atomic mass is 10.1. The summed E-state index contributed by atoms with van der Waals surface area (Å²) in [6.07, 6.45) is 0.834. The van der Waals surface area contributed by atoms with Crippen molar-refractivity contribution in [2.45, 2.75) is 33.4 Å². The minimum atomic E-state index is -0.238. The highest BCUT2D eigenvalue weighted by atomic mass is 35.5. The van der Waals surface area contributed by atoms with E-state index in [2.05, 4.69) is 33.8 Å². The summed E-state index contributed by atoms with van der Waals surface area (Å²) in [6, 6.07) is 4.83. The van der Waals surface area contributed by atoms with Gasteiger partial charge in [0.2, 0.25) is 5.89 Å². The van der Waals surface area contributed by atoms with Gasteiger partial charge in [0.1, 0.15) is 5.82 Å². The van der Waals surface area contributed by atoms with E-state index in [1.54, 1.807) is 12.1 Å². The van der Waals surface area contributed by atoms with Crippen molar-refractivity contribution in [1.29, 1.82) is 0 Å². The second-order valence-electron chi connectivity index (χ2n) is 6.95. The highest BCUT2D eigenvalue weighted by Gasteiger charge is 2.21. The molecule has 1 aromatic carbocycles. The molecule has 7 heteroatoms. The number of rotatable bonds is 6. The first kappa shape index (κ1) is 18.3. The average Bonchev–Trinajstić information content (AvgIpc) is 2.99. The van der Waals surface area contributed by atoms with Gasteiger partial charge in [-0.15, -0.1) is 0 Å². The molecule has 3 rings (SSSR count). The Labute approximate surface area is 152 Å². The van der Waals surface area contributed by atoms with E-state index in [1.165, 1.54) is 6.07 Å². The van der Waals surface area contributed by atoms with Gasteiger partial charge >= 0.3 is 0 Å². The molecule has 2 heterocycles. The Morgan fingerprint density at radius 2 is 1.84 bits per heavy atom. The van der Waals surface area contributed by atoms with Crippen molar-refractivity contribution in [2.75, 3.05) is 26.2 Å². The van der Waals surface area contributed by atoms with Crippen LogP contribution < -0.4 is 0 Å². The summed E-state index contributed by atoms with van der Waals surface area (Å²) in [5.41, 5.74) is 0.577. The fraction of sp³-hybridized carbons (Fsp3) is 0.556. The Kier molecular flexibility index (Phi) is 6.04. The first-order valence-corrected chi connectivity index (χ1v) is 9.08. The normalized spacial score (nSPS) is 16.7. The average molecular weight is 367 g/mol. The molecule has 1 aliphatic rings. The van der Waals surface area contributed by atoms with Crippen LogP contribution in [0.3, 0.4) is 0 Å². The zero-order chi connectivity index (χ0) is 17.8. The van der Waals surface area contributed by atoms with Gasteiger partial charge in [-0.2, -0.15) is 4.98 Å². The van der Waals surface area contributed by atoms with Gasteiger partial charge in [-0.1, -0.05) is 36.7 Å². The summed E-state index contributed by atoms with van der Waals surface area (Å²) in [6.45, 7) is 8.96. The van der Waals surface area contributed by atoms with Gasteiger partial charge in [0.15, 0.2) is 5.82 Å². The van der Waals surface area contributed by atoms with Crippen LogP contribution in [0.15, 0.2) is 22.7 Å². The van der Waals surface area contributed by atoms with E-state index >= 15 is 0 Å². The Morgan fingerprint density at radius 1 is 1.16 bits per heavy atom. The van der Waals surface area contributed by atoms with Crippen LogP contribution in [0.1, 0.15) is 31.1 Å². The summed E-state index contributed by atoms with van der Waals surface area (Å²) in [5.74, 6) is 1.72. The molecule has 136 valence electrons. The van der Waals surface area contributed by atoms with Crippen LogP contribution in [0.25, 0.3) is 0 Å². The molecule has 0 N–H and O–H groups in total. The van der Waals surface area contributed by atoms with Crippen molar-refractivity contribution in [2.24, 2.45) is 5.92 Å². The summed E-state index contributed by atoms with van der Waals surface area (Å²) >= 11 is 6.12. The monoisotopic (exact) mass is 366 g/mol. The van der Waals surface area contributed by atoms with Crippen molar-refractivity contribution in [3.05, 3.63) is 46.3 Å². The largest absolute Gasteiger partial charge is 0.338 e. The van der Waals surface area contributed by atoms with Gasteiger partial charge in [0.25, 0.3) is 0 Å². The molecule has 1 saturated heterocycles. The fourth-order valence-electron chi connectivity index (χ4n) is 3.01. The van der Waals surface area contributed by atoms with Crippen LogP contribution in [0.4, 0.5) is 4.39 Å². The minimum Gasteiger partial charge on any atom is -0.338 e. The number of benzene rings is 1. The van der Waals surface area contributed by atoms with E-state index in [9.17, 15) is 4.39 Å². The second kappa shape index (κ2) is 8.25. The minimum absolute atomic E-state index is 0.238. The third-order valence-corrected chi connectivity index (χ3v) is 4.72. The van der Waals surface area contributed by atoms with Gasteiger partial charge in [0, 0.05) is 49.7 Å². The van der Waals surface area contributed by atoms with Crippen molar-refractivity contribution >= 4 is 11.6 Å². The van der Waals surface area contributed by atoms with Gasteiger partial charge in [-0.25, -0.2) is 4.39 Å². The van der Waals surface area contributed by atoms with Crippen LogP contribution in [-0.4, -0.2) is 46.1 Å². The lowest BCUT2D eigenvalue weighted by molar-refractivity contribution is 0.111. The van der Waals surface area contributed by atoms with Gasteiger partial charge < -0.3 is 4.52 Å². The molecule has 0 radical (unpaired) electrons. The highest BCUT2D eigenvalue weighted by molar-refractivity contribution is 6.31. The van der Waals surface area contributed by atoms with Crippen molar-refractivity contribution in [3.63, 3.8) is 0 Å². The smallest absolute Gasteiger partial charge is 0.240 e. The molecule has 1 fully saturated rings. The SMILES string of the molecule is CC(C)Cc1noc(CN2CCN(Cc3c(F)cccc3Cl)CC2)n1. The molecule has 0 atom stereocenters. The van der Waals surface area contributed by atoms with Gasteiger partial charge in [-0.3, -0.25) is 9.80 Å². The quantitative estimate of drug-likeness (QED) is 0.784. The van der Waals surface area contributed by atoms with Crippen LogP contribution >= 0.6 is 11.6 Å². The van der Waals surface area contributed by atoms with Gasteiger partial charge in [-0.05, 0) is 18.1 Å². The second-order valence-corrected chi connectivity index (χ2v) is 7.36. The van der Waals surface area contributed by atoms with Crippen molar-refractivity contribution in [3.8, 4) is 0 Å². The lowest BCUT2D eigenvalue weighted by Gasteiger charge is -2.34. The number of aromatic nitrogens is 2. The third kappa shape index (κ3) is 5.00. The topological polar surface area (TPSA) is 45.4 Å². The Morgan fingerprint density at radius 3 is 2.48 bits per heavy atom. The molecule has 0 spiro atoms. The fourth-order valence-corrected chi connectivity index (χ4v) is 3.23. The molecular formula is C18H24ClFN4O. The van der Waals surface area contributed by atoms with Crippen LogP contribution in [0.2, 0.25) is 5.02 Å². The summed E-state index contributed by atoms with van der Waals surface area (Å²) in [5, 5.41) is 4.52. The zero-order valence-electron chi connectivity index (χ0n) is 14.7. The maximum absolute atomic E-state index is 13.9. The molecule has 0 amide bonds. The van der Waals surface area contributed by atoms with Crippen LogP contribution in [-0.2, 0) is 19.5 Å². The van der Waals surface area contributed by atoms with E-state index in [4.69, 9.17) is 16.1 Å². The number of hydrogen-bond acceptors (Lipinski definition) is 5. The summed E-state index contributed by atoms with van der Waals surface area (Å²) < 4.78 is 19.3. The zero-order valence-corrected chi connectivity index (χ0v) is 15.5. The highest BCUT2D eigenvalue weighted by Crippen LogP contribution is 2.21. The molecule has 5 nitrogen and oxygen atoms in total. The molecule has 0 bridgehead atoms. The van der Waals surface area contributed by atoms with Crippen LogP contribution in [0, 0.1) is 11.7 Å². The Bertz CT molecular complexity index is 678. The van der Waals surface area contributed by atoms with E-state index in [0.717, 1.165) is 38.4 Å². The Hall–Kier alpha value is -1.50. The first-order valence-electron chi connectivity index (χ1n) is 8.70. The van der Waals surface area contributed by atoms with Crippen molar-refractivity contribution in [1.82, 2.24) is 19.9 Å². The maximum Gasteiger partial charge on any atom is 0.240 e. The molecular weight excluding hydrogens is 343 g/mol. The lowest BCUT2D eigenvalue weighted by Crippen LogP contribution is -2.45. The molecule has 0 saturated carbocycles. The van der Waals surface area contributed by atoms with E-state index in [0.29, 0.717) is 35.5 Å². The molecule has 25 heavy (non-hydrogen) atoms. The number of halogens is 2. The number of nitrogens with zero attached hydrogens (tertiary/aromatic N) is 4. The molecule has 2 aromatic rings. The summed E-state index contributed by atoms with van der Waals surface area (Å²) in [7, 11) is 0. The van der Waals surface area contributed by atoms with E-state index in [-0.39, 0.29) is 5.82 Å². The maximum atomic E-state index is 13.9. The Balaban J connectivity index is 1.49. The number of hydrogen-bond donors (Lipinski definition) is 0. The summed E-state index contributed by atoms with van der Waals surface area (Å²) in [4.78, 5) is 8.96. The molecule has 1 aliphatic heterocycles. The number of piperazine rings is 1. The molecule has 0 aliphatic carbocycles. The third-order valence-electron chi connectivity index (χ3n) is 4.37. The molecule has 0 unspecified atom stereocenters. The standard InChI is InChI=1S/C18H24ClFN4O/c1-13(2)10-17-21-18(25-22-17)12-24-8-6-23(7-9-24)11-14-15(19)4-3-5-16(14)20/h3-5,13H,6-12H2,1-2H3.